The van der Waals surface area contributed by atoms with Gasteiger partial charge < -0.3 is 19.7 Å². The first-order valence-electron chi connectivity index (χ1n) is 14.1. The molecule has 1 atom stereocenters. The predicted molar refractivity (Wildman–Crippen MR) is 162 cm³/mol. The van der Waals surface area contributed by atoms with E-state index >= 15 is 0 Å². The first-order valence-corrected chi connectivity index (χ1v) is 15.5. The molecule has 1 aliphatic carbocycles. The smallest absolute Gasteiger partial charge is 0.264 e. The van der Waals surface area contributed by atoms with Crippen LogP contribution in [0.2, 0.25) is 0 Å². The van der Waals surface area contributed by atoms with E-state index in [-0.39, 0.29) is 34.8 Å². The predicted octanol–water partition coefficient (Wildman–Crippen LogP) is 4.68. The van der Waals surface area contributed by atoms with Crippen molar-refractivity contribution in [2.24, 2.45) is 0 Å². The van der Waals surface area contributed by atoms with Crippen molar-refractivity contribution in [3.05, 3.63) is 83.9 Å². The normalized spacial score (nSPS) is 14.2. The van der Waals surface area contributed by atoms with Crippen LogP contribution in [0.5, 0.6) is 11.5 Å². The number of benzene rings is 3. The van der Waals surface area contributed by atoms with Gasteiger partial charge in [0.2, 0.25) is 11.8 Å². The van der Waals surface area contributed by atoms with Crippen LogP contribution >= 0.6 is 0 Å². The van der Waals surface area contributed by atoms with E-state index < -0.39 is 28.5 Å². The molecule has 0 aliphatic heterocycles. The van der Waals surface area contributed by atoms with Crippen LogP contribution in [0.4, 0.5) is 5.69 Å². The summed E-state index contributed by atoms with van der Waals surface area (Å²) in [7, 11) is -1.33. The highest BCUT2D eigenvalue weighted by atomic mass is 32.2. The van der Waals surface area contributed by atoms with Crippen molar-refractivity contribution in [1.29, 1.82) is 0 Å². The van der Waals surface area contributed by atoms with Gasteiger partial charge in [-0.15, -0.1) is 0 Å². The molecule has 0 radical (unpaired) electrons. The lowest BCUT2D eigenvalue weighted by Crippen LogP contribution is -2.52. The number of nitrogens with one attached hydrogen (secondary N) is 1. The third-order valence-corrected chi connectivity index (χ3v) is 9.38. The molecule has 3 aromatic carbocycles. The molecule has 1 fully saturated rings. The van der Waals surface area contributed by atoms with Gasteiger partial charge in [-0.05, 0) is 56.5 Å². The van der Waals surface area contributed by atoms with E-state index in [4.69, 9.17) is 9.47 Å². The summed E-state index contributed by atoms with van der Waals surface area (Å²) in [5.41, 5.74) is 2.03. The van der Waals surface area contributed by atoms with Crippen molar-refractivity contribution in [1.82, 2.24) is 10.2 Å². The summed E-state index contributed by atoms with van der Waals surface area (Å²) in [6.45, 7) is 3.22. The minimum absolute atomic E-state index is 0.0137. The molecular weight excluding hydrogens is 554 g/mol. The van der Waals surface area contributed by atoms with E-state index in [9.17, 15) is 18.0 Å². The Morgan fingerprint density at radius 2 is 1.62 bits per heavy atom. The molecule has 42 heavy (non-hydrogen) atoms. The largest absolute Gasteiger partial charge is 0.497 e. The maximum atomic E-state index is 14.2. The van der Waals surface area contributed by atoms with Gasteiger partial charge in [-0.3, -0.25) is 13.9 Å². The summed E-state index contributed by atoms with van der Waals surface area (Å²) < 4.78 is 40.0. The van der Waals surface area contributed by atoms with Gasteiger partial charge in [0.05, 0.1) is 24.8 Å². The van der Waals surface area contributed by atoms with Crippen LogP contribution in [0.15, 0.2) is 77.7 Å². The van der Waals surface area contributed by atoms with E-state index in [1.807, 2.05) is 31.2 Å². The lowest BCUT2D eigenvalue weighted by atomic mass is 10.1. The number of hydrogen-bond donors (Lipinski definition) is 1. The maximum absolute atomic E-state index is 14.2. The molecule has 0 heterocycles. The number of hydrogen-bond acceptors (Lipinski definition) is 6. The number of methoxy groups -OCH3 is 2. The number of rotatable bonds is 12. The van der Waals surface area contributed by atoms with Crippen LogP contribution in [0.25, 0.3) is 0 Å². The maximum Gasteiger partial charge on any atom is 0.264 e. The van der Waals surface area contributed by atoms with E-state index in [2.05, 4.69) is 5.32 Å². The summed E-state index contributed by atoms with van der Waals surface area (Å²) in [5, 5.41) is 3.08. The molecule has 10 heteroatoms. The zero-order valence-electron chi connectivity index (χ0n) is 24.6. The lowest BCUT2D eigenvalue weighted by molar-refractivity contribution is -0.139. The van der Waals surface area contributed by atoms with Gasteiger partial charge >= 0.3 is 0 Å². The van der Waals surface area contributed by atoms with Crippen molar-refractivity contribution in [3.63, 3.8) is 0 Å². The highest BCUT2D eigenvalue weighted by Gasteiger charge is 2.34. The summed E-state index contributed by atoms with van der Waals surface area (Å²) in [4.78, 5) is 29.0. The molecule has 1 unspecified atom stereocenters. The number of amides is 2. The number of anilines is 1. The molecule has 2 amide bonds. The van der Waals surface area contributed by atoms with Crippen molar-refractivity contribution in [2.75, 3.05) is 25.1 Å². The Bertz CT molecular complexity index is 1470. The fourth-order valence-electron chi connectivity index (χ4n) is 5.09. The van der Waals surface area contributed by atoms with Gasteiger partial charge in [-0.2, -0.15) is 0 Å². The molecule has 1 N–H and O–H groups in total. The van der Waals surface area contributed by atoms with Gasteiger partial charge in [0.1, 0.15) is 24.1 Å². The molecule has 0 spiro atoms. The van der Waals surface area contributed by atoms with E-state index in [1.54, 1.807) is 37.3 Å². The summed E-state index contributed by atoms with van der Waals surface area (Å²) in [6, 6.07) is 19.6. The van der Waals surface area contributed by atoms with Crippen LogP contribution < -0.4 is 19.1 Å². The Morgan fingerprint density at radius 1 is 0.952 bits per heavy atom. The minimum atomic E-state index is -4.23. The van der Waals surface area contributed by atoms with Crippen molar-refractivity contribution in [2.45, 2.75) is 63.1 Å². The molecule has 0 bridgehead atoms. The number of ether oxygens (including phenoxy) is 2. The quantitative estimate of drug-likeness (QED) is 0.327. The summed E-state index contributed by atoms with van der Waals surface area (Å²) >= 11 is 0. The van der Waals surface area contributed by atoms with Crippen LogP contribution in [-0.4, -0.2) is 58.0 Å². The second-order valence-corrected chi connectivity index (χ2v) is 12.4. The molecular formula is C32H39N3O6S. The fourth-order valence-corrected chi connectivity index (χ4v) is 6.53. The Balaban J connectivity index is 1.74. The minimum Gasteiger partial charge on any atom is -0.497 e. The monoisotopic (exact) mass is 593 g/mol. The van der Waals surface area contributed by atoms with E-state index in [0.29, 0.717) is 5.75 Å². The van der Waals surface area contributed by atoms with Gasteiger partial charge in [0, 0.05) is 18.7 Å². The number of sulfonamides is 1. The molecule has 1 saturated carbocycles. The topological polar surface area (TPSA) is 105 Å². The highest BCUT2D eigenvalue weighted by molar-refractivity contribution is 7.92. The van der Waals surface area contributed by atoms with Gasteiger partial charge in [-0.25, -0.2) is 8.42 Å². The molecule has 224 valence electrons. The SMILES string of the molecule is COc1ccc(OC)c(N(CC(=O)N(Cc2ccc(C)cc2)C(C)C(=O)NC2CCCC2)S(=O)(=O)c2ccccc2)c1. The van der Waals surface area contributed by atoms with Crippen LogP contribution in [-0.2, 0) is 26.2 Å². The van der Waals surface area contributed by atoms with Crippen molar-refractivity contribution in [3.8, 4) is 11.5 Å². The first-order chi connectivity index (χ1) is 20.1. The second kappa shape index (κ2) is 13.7. The van der Waals surface area contributed by atoms with Crippen molar-refractivity contribution < 1.29 is 27.5 Å². The average Bonchev–Trinajstić information content (AvgIpc) is 3.52. The molecule has 1 aliphatic rings. The molecule has 3 aromatic rings. The molecule has 4 rings (SSSR count). The molecule has 0 aromatic heterocycles. The molecule has 0 saturated heterocycles. The summed E-state index contributed by atoms with van der Waals surface area (Å²) in [6.07, 6.45) is 3.92. The Kier molecular flexibility index (Phi) is 10.1. The standard InChI is InChI=1S/C32H39N3O6S/c1-23-14-16-25(17-15-23)21-34(24(2)32(37)33-26-10-8-9-11-26)31(36)22-35(42(38,39)28-12-6-5-7-13-28)29-20-27(40-3)18-19-30(29)41-4/h5-7,12-20,24,26H,8-11,21-22H2,1-4H3,(H,33,37). The Labute approximate surface area is 248 Å². The third-order valence-electron chi connectivity index (χ3n) is 7.61. The van der Waals surface area contributed by atoms with E-state index in [1.165, 1.54) is 37.3 Å². The lowest BCUT2D eigenvalue weighted by Gasteiger charge is -2.33. The molecule has 9 nitrogen and oxygen atoms in total. The zero-order valence-corrected chi connectivity index (χ0v) is 25.4. The van der Waals surface area contributed by atoms with Gasteiger partial charge in [-0.1, -0.05) is 60.9 Å². The Morgan fingerprint density at radius 3 is 2.24 bits per heavy atom. The number of nitrogens with zero attached hydrogens (tertiary/aromatic N) is 2. The zero-order chi connectivity index (χ0) is 30.3. The number of carbonyl (C=O) groups is 2. The third kappa shape index (κ3) is 7.23. The number of carbonyl (C=O) groups excluding carboxylic acids is 2. The number of aryl methyl sites for hydroxylation is 1. The van der Waals surface area contributed by atoms with Gasteiger partial charge in [0.25, 0.3) is 10.0 Å². The van der Waals surface area contributed by atoms with Crippen molar-refractivity contribution >= 4 is 27.5 Å². The van der Waals surface area contributed by atoms with Gasteiger partial charge in [0.15, 0.2) is 0 Å². The van der Waals surface area contributed by atoms with Crippen LogP contribution in [0.1, 0.15) is 43.7 Å². The average molecular weight is 594 g/mol. The first kappa shape index (κ1) is 30.9. The van der Waals surface area contributed by atoms with Crippen LogP contribution in [0.3, 0.4) is 0 Å². The Hall–Kier alpha value is -4.05. The van der Waals surface area contributed by atoms with E-state index in [0.717, 1.165) is 41.1 Å². The fraction of sp³-hybridized carbons (Fsp3) is 0.375. The van der Waals surface area contributed by atoms with Crippen LogP contribution in [0, 0.1) is 6.92 Å². The summed E-state index contributed by atoms with van der Waals surface area (Å²) in [5.74, 6) is -0.152. The second-order valence-electron chi connectivity index (χ2n) is 10.5. The highest BCUT2D eigenvalue weighted by Crippen LogP contribution is 2.36.